The first kappa shape index (κ1) is 46.1. The zero-order valence-corrected chi connectivity index (χ0v) is 30.4. The Labute approximate surface area is 310 Å². The number of carbonyl (C=O) groups excluding carboxylic acids is 2. The summed E-state index contributed by atoms with van der Waals surface area (Å²) in [7, 11) is 0. The Morgan fingerprint density at radius 3 is 2.15 bits per heavy atom. The molecule has 0 spiro atoms. The second-order valence-corrected chi connectivity index (χ2v) is 12.7. The van der Waals surface area contributed by atoms with Gasteiger partial charge in [0.15, 0.2) is 18.7 Å². The van der Waals surface area contributed by atoms with Gasteiger partial charge in [0.05, 0.1) is 18.8 Å². The molecular weight excluding hydrogens is 696 g/mol. The van der Waals surface area contributed by atoms with Crippen molar-refractivity contribution in [2.75, 3.05) is 13.2 Å². The van der Waals surface area contributed by atoms with Crippen molar-refractivity contribution < 1.29 is 74.1 Å². The minimum absolute atomic E-state index is 0.271. The van der Waals surface area contributed by atoms with Crippen LogP contribution < -0.4 is 0 Å². The second kappa shape index (κ2) is 25.9. The molecule has 2 heterocycles. The highest BCUT2D eigenvalue weighted by atomic mass is 16.7. The third kappa shape index (κ3) is 16.9. The molecule has 0 aliphatic carbocycles. The molecule has 53 heavy (non-hydrogen) atoms. The number of allylic oxidation sites excluding steroid dienone is 8. The maximum Gasteiger partial charge on any atom is 0.331 e. The molecular formula is C38H58O15. The Morgan fingerprint density at radius 1 is 0.774 bits per heavy atom. The molecule has 0 aromatic heterocycles. The lowest BCUT2D eigenvalue weighted by Crippen LogP contribution is -2.61. The zero-order valence-electron chi connectivity index (χ0n) is 30.4. The number of rotatable bonds is 23. The predicted molar refractivity (Wildman–Crippen MR) is 192 cm³/mol. The van der Waals surface area contributed by atoms with E-state index in [0.29, 0.717) is 19.3 Å². The van der Waals surface area contributed by atoms with Crippen LogP contribution in [0.3, 0.4) is 0 Å². The quantitative estimate of drug-likeness (QED) is 0.0313. The number of esters is 2. The molecule has 15 heteroatoms. The van der Waals surface area contributed by atoms with Crippen LogP contribution in [-0.4, -0.2) is 140 Å². The third-order valence-electron chi connectivity index (χ3n) is 8.42. The summed E-state index contributed by atoms with van der Waals surface area (Å²) < 4.78 is 26.8. The molecule has 2 rings (SSSR count). The lowest BCUT2D eigenvalue weighted by molar-refractivity contribution is -0.322. The Bertz CT molecular complexity index is 1230. The minimum atomic E-state index is -1.89. The lowest BCUT2D eigenvalue weighted by atomic mass is 9.98. The van der Waals surface area contributed by atoms with Crippen LogP contribution in [0.15, 0.2) is 72.9 Å². The lowest BCUT2D eigenvalue weighted by Gasteiger charge is -2.42. The first-order valence-corrected chi connectivity index (χ1v) is 18.1. The molecule has 2 unspecified atom stereocenters. The maximum absolute atomic E-state index is 12.7. The Morgan fingerprint density at radius 2 is 1.45 bits per heavy atom. The van der Waals surface area contributed by atoms with Gasteiger partial charge in [-0.25, -0.2) is 9.59 Å². The smallest absolute Gasteiger partial charge is 0.331 e. The van der Waals surface area contributed by atoms with Crippen LogP contribution >= 0.6 is 0 Å². The van der Waals surface area contributed by atoms with Crippen LogP contribution in [0.25, 0.3) is 0 Å². The van der Waals surface area contributed by atoms with Crippen LogP contribution in [0.5, 0.6) is 0 Å². The van der Waals surface area contributed by atoms with Gasteiger partial charge in [0.2, 0.25) is 0 Å². The van der Waals surface area contributed by atoms with Crippen molar-refractivity contribution in [3.63, 3.8) is 0 Å². The van der Waals surface area contributed by atoms with Gasteiger partial charge in [0, 0.05) is 12.2 Å². The van der Waals surface area contributed by atoms with Crippen molar-refractivity contribution in [3.05, 3.63) is 72.9 Å². The van der Waals surface area contributed by atoms with Crippen molar-refractivity contribution in [1.82, 2.24) is 0 Å². The molecule has 2 saturated heterocycles. The zero-order chi connectivity index (χ0) is 39.2. The molecule has 2 aliphatic heterocycles. The van der Waals surface area contributed by atoms with Crippen LogP contribution in [0, 0.1) is 0 Å². The summed E-state index contributed by atoms with van der Waals surface area (Å²) in [5.41, 5.74) is 0. The van der Waals surface area contributed by atoms with E-state index in [2.05, 4.69) is 6.92 Å². The van der Waals surface area contributed by atoms with Gasteiger partial charge in [0.25, 0.3) is 0 Å². The normalized spacial score (nSPS) is 30.0. The van der Waals surface area contributed by atoms with Crippen LogP contribution in [-0.2, 0) is 33.3 Å². The summed E-state index contributed by atoms with van der Waals surface area (Å²) >= 11 is 0. The molecule has 2 aliphatic rings. The van der Waals surface area contributed by atoms with Gasteiger partial charge in [-0.2, -0.15) is 0 Å². The van der Waals surface area contributed by atoms with Gasteiger partial charge in [-0.05, 0) is 38.5 Å². The first-order valence-electron chi connectivity index (χ1n) is 18.1. The third-order valence-corrected chi connectivity index (χ3v) is 8.42. The van der Waals surface area contributed by atoms with Crippen molar-refractivity contribution >= 4 is 11.9 Å². The maximum atomic E-state index is 12.7. The van der Waals surface area contributed by atoms with Crippen LogP contribution in [0.2, 0.25) is 0 Å². The second-order valence-electron chi connectivity index (χ2n) is 12.7. The number of unbranched alkanes of at least 4 members (excludes halogenated alkanes) is 3. The summed E-state index contributed by atoms with van der Waals surface area (Å²) in [6, 6.07) is 0. The van der Waals surface area contributed by atoms with E-state index in [4.69, 9.17) is 23.7 Å². The molecule has 300 valence electrons. The minimum Gasteiger partial charge on any atom is -0.460 e. The fourth-order valence-corrected chi connectivity index (χ4v) is 5.29. The highest BCUT2D eigenvalue weighted by Crippen LogP contribution is 2.31. The number of hydrogen-bond donors (Lipinski definition) is 8. The van der Waals surface area contributed by atoms with E-state index in [9.17, 15) is 50.4 Å². The monoisotopic (exact) mass is 754 g/mol. The summed E-state index contributed by atoms with van der Waals surface area (Å²) in [5, 5.41) is 82.2. The van der Waals surface area contributed by atoms with Gasteiger partial charge >= 0.3 is 11.9 Å². The Balaban J connectivity index is 1.95. The number of aliphatic hydroxyl groups excluding tert-OH is 8. The SMILES string of the molecule is CCCCC/C=C/C=C/C(O)C/C=C/C=C/C(=O)O[C@@H]1[C@@H](O)[C@H](O)O[C@H](CO)[C@H]1O[C@@H]1O[C@@H]([C@H](O)COC(=O)/C=C/C=C\CCC(O)CC)[C@H](O)[C@H]1O. The molecule has 15 nitrogen and oxygen atoms in total. The standard InChI is InChI=1S/C38H58O15/c1-3-5-6-7-8-9-14-19-26(41)20-15-12-17-22-30(44)51-36-33(47)37(48)50-28(23-39)35(36)53-38-32(46)31(45)34(52-38)27(42)24-49-29(43)21-16-11-10-13-18-25(40)4-2/h8-12,14-17,19,21-22,25-28,31-42,45-48H,3-7,13,18,20,23-24H2,1-2H3/b9-8+,11-10-,15-12+,19-14+,21-16+,22-17+/t25?,26?,27-,28-,31-,32-,33-,34+,35-,36-,37-,38+/m1/s1. The summed E-state index contributed by atoms with van der Waals surface area (Å²) in [6.07, 6.45) is 7.34. The van der Waals surface area contributed by atoms with E-state index in [0.717, 1.165) is 31.4 Å². The Hall–Kier alpha value is -3.06. The van der Waals surface area contributed by atoms with Crippen LogP contribution in [0.1, 0.15) is 65.2 Å². The predicted octanol–water partition coefficient (Wildman–Crippen LogP) is 0.924. The highest BCUT2D eigenvalue weighted by molar-refractivity contribution is 5.82. The molecule has 0 aromatic carbocycles. The van der Waals surface area contributed by atoms with Crippen molar-refractivity contribution in [1.29, 1.82) is 0 Å². The van der Waals surface area contributed by atoms with E-state index >= 15 is 0 Å². The topological polar surface area (TPSA) is 242 Å². The average Bonchev–Trinajstić information content (AvgIpc) is 3.42. The molecule has 8 N–H and O–H groups in total. The van der Waals surface area contributed by atoms with Crippen molar-refractivity contribution in [2.45, 2.75) is 139 Å². The van der Waals surface area contributed by atoms with E-state index < -0.39 is 98.8 Å². The van der Waals surface area contributed by atoms with Crippen molar-refractivity contribution in [2.24, 2.45) is 0 Å². The first-order chi connectivity index (χ1) is 25.4. The molecule has 2 fully saturated rings. The van der Waals surface area contributed by atoms with Gasteiger partial charge in [-0.3, -0.25) is 0 Å². The number of hydrogen-bond acceptors (Lipinski definition) is 15. The number of carbonyl (C=O) groups is 2. The molecule has 0 aromatic rings. The summed E-state index contributed by atoms with van der Waals surface area (Å²) in [4.78, 5) is 24.7. The van der Waals surface area contributed by atoms with Gasteiger partial charge in [-0.1, -0.05) is 87.4 Å². The fourth-order valence-electron chi connectivity index (χ4n) is 5.29. The van der Waals surface area contributed by atoms with E-state index in [1.807, 2.05) is 19.1 Å². The molecule has 0 bridgehead atoms. The van der Waals surface area contributed by atoms with Crippen LogP contribution in [0.4, 0.5) is 0 Å². The summed E-state index contributed by atoms with van der Waals surface area (Å²) in [5.74, 6) is -1.78. The molecule has 0 saturated carbocycles. The molecule has 0 radical (unpaired) electrons. The van der Waals surface area contributed by atoms with E-state index in [1.165, 1.54) is 24.6 Å². The van der Waals surface area contributed by atoms with Gasteiger partial charge in [0.1, 0.15) is 49.3 Å². The average molecular weight is 755 g/mol. The fraction of sp³-hybridized carbons (Fsp3) is 0.632. The molecule has 0 amide bonds. The highest BCUT2D eigenvalue weighted by Gasteiger charge is 2.53. The van der Waals surface area contributed by atoms with Gasteiger partial charge in [-0.15, -0.1) is 0 Å². The largest absolute Gasteiger partial charge is 0.460 e. The van der Waals surface area contributed by atoms with E-state index in [-0.39, 0.29) is 6.42 Å². The number of ether oxygens (including phenoxy) is 5. The van der Waals surface area contributed by atoms with Crippen molar-refractivity contribution in [3.8, 4) is 0 Å². The number of aliphatic hydroxyl groups is 8. The van der Waals surface area contributed by atoms with Gasteiger partial charge < -0.3 is 64.5 Å². The summed E-state index contributed by atoms with van der Waals surface area (Å²) in [6.45, 7) is 2.60. The Kier molecular flexibility index (Phi) is 22.5. The van der Waals surface area contributed by atoms with E-state index in [1.54, 1.807) is 30.4 Å². The molecule has 12 atom stereocenters.